The zero-order valence-electron chi connectivity index (χ0n) is 10.3. The molecule has 0 aromatic rings. The average molecular weight is 306 g/mol. The topological polar surface area (TPSA) is 94.3 Å². The molecule has 19 heavy (non-hydrogen) atoms. The van der Waals surface area contributed by atoms with Crippen molar-refractivity contribution in [2.45, 2.75) is 42.3 Å². The Balaban J connectivity index is 1.65. The van der Waals surface area contributed by atoms with Gasteiger partial charge >= 0.3 is 0 Å². The molecule has 6 nitrogen and oxygen atoms in total. The summed E-state index contributed by atoms with van der Waals surface area (Å²) in [6.07, 6.45) is -1.69. The number of rotatable bonds is 2. The van der Waals surface area contributed by atoms with Gasteiger partial charge in [0.2, 0.25) is 0 Å². The number of amidine groups is 1. The maximum absolute atomic E-state index is 10.0. The van der Waals surface area contributed by atoms with Crippen molar-refractivity contribution in [1.82, 2.24) is 5.32 Å². The van der Waals surface area contributed by atoms with Crippen molar-refractivity contribution in [1.29, 1.82) is 0 Å². The molecule has 0 aromatic carbocycles. The molecule has 0 amide bonds. The summed E-state index contributed by atoms with van der Waals surface area (Å²) in [7, 11) is 0. The van der Waals surface area contributed by atoms with Crippen LogP contribution in [-0.2, 0) is 4.74 Å². The number of aliphatic imine (C=N–C) groups is 1. The molecule has 0 saturated carbocycles. The van der Waals surface area contributed by atoms with Gasteiger partial charge in [0, 0.05) is 11.8 Å². The quantitative estimate of drug-likeness (QED) is 0.519. The third-order valence-electron chi connectivity index (χ3n) is 3.60. The summed E-state index contributed by atoms with van der Waals surface area (Å²) in [6.45, 7) is -0.302. The van der Waals surface area contributed by atoms with Crippen LogP contribution in [0.5, 0.6) is 0 Å². The van der Waals surface area contributed by atoms with E-state index in [-0.39, 0.29) is 12.0 Å². The van der Waals surface area contributed by atoms with Crippen LogP contribution >= 0.6 is 23.5 Å². The predicted molar refractivity (Wildman–Crippen MR) is 75.4 cm³/mol. The van der Waals surface area contributed by atoms with E-state index in [9.17, 15) is 10.2 Å². The van der Waals surface area contributed by atoms with Gasteiger partial charge in [-0.2, -0.15) is 11.8 Å². The highest BCUT2D eigenvalue weighted by Gasteiger charge is 2.48. The van der Waals surface area contributed by atoms with Crippen molar-refractivity contribution in [2.24, 2.45) is 4.99 Å². The number of aliphatic hydroxyl groups excluding tert-OH is 3. The Morgan fingerprint density at radius 2 is 2.21 bits per heavy atom. The van der Waals surface area contributed by atoms with Gasteiger partial charge in [0.05, 0.1) is 6.61 Å². The van der Waals surface area contributed by atoms with E-state index < -0.39 is 24.4 Å². The summed E-state index contributed by atoms with van der Waals surface area (Å²) in [5.74, 6) is 2.23. The SMILES string of the molecule is OC[C@H]1O[C@@H]2SC(NC3CCSC3)=N[C@@H]2[C@@H](O)[C@@H]1O. The Bertz CT molecular complexity index is 365. The van der Waals surface area contributed by atoms with Crippen molar-refractivity contribution in [3.05, 3.63) is 0 Å². The van der Waals surface area contributed by atoms with Crippen molar-refractivity contribution in [3.63, 3.8) is 0 Å². The van der Waals surface area contributed by atoms with Crippen LogP contribution in [0.2, 0.25) is 0 Å². The number of ether oxygens (including phenoxy) is 1. The van der Waals surface area contributed by atoms with E-state index >= 15 is 0 Å². The number of thioether (sulfide) groups is 2. The third kappa shape index (κ3) is 2.74. The summed E-state index contributed by atoms with van der Waals surface area (Å²) in [5, 5.41) is 33.1. The minimum absolute atomic E-state index is 0.302. The zero-order chi connectivity index (χ0) is 13.4. The van der Waals surface area contributed by atoms with Gasteiger partial charge in [-0.1, -0.05) is 11.8 Å². The Morgan fingerprint density at radius 1 is 1.37 bits per heavy atom. The fourth-order valence-corrected chi connectivity index (χ4v) is 4.82. The molecule has 0 spiro atoms. The highest BCUT2D eigenvalue weighted by atomic mass is 32.2. The number of hydrogen-bond acceptors (Lipinski definition) is 8. The largest absolute Gasteiger partial charge is 0.394 e. The second kappa shape index (κ2) is 5.79. The van der Waals surface area contributed by atoms with E-state index in [1.54, 1.807) is 0 Å². The Hall–Kier alpha value is 0.01000. The first-order valence-corrected chi connectivity index (χ1v) is 8.43. The highest BCUT2D eigenvalue weighted by Crippen LogP contribution is 2.36. The van der Waals surface area contributed by atoms with Gasteiger partial charge in [-0.15, -0.1) is 0 Å². The number of nitrogens with zero attached hydrogens (tertiary/aromatic N) is 1. The van der Waals surface area contributed by atoms with Gasteiger partial charge in [-0.3, -0.25) is 4.99 Å². The van der Waals surface area contributed by atoms with E-state index in [1.807, 2.05) is 11.8 Å². The fraction of sp³-hybridized carbons (Fsp3) is 0.909. The van der Waals surface area contributed by atoms with Crippen LogP contribution in [0, 0.1) is 0 Å². The number of fused-ring (bicyclic) bond motifs is 1. The molecular formula is C11H18N2O4S2. The highest BCUT2D eigenvalue weighted by molar-refractivity contribution is 8.14. The fourth-order valence-electron chi connectivity index (χ4n) is 2.47. The molecule has 108 valence electrons. The molecule has 4 N–H and O–H groups in total. The number of hydrogen-bond donors (Lipinski definition) is 4. The normalized spacial score (nSPS) is 45.9. The van der Waals surface area contributed by atoms with E-state index in [2.05, 4.69) is 10.3 Å². The van der Waals surface area contributed by atoms with E-state index in [0.29, 0.717) is 6.04 Å². The Labute approximate surface area is 120 Å². The minimum Gasteiger partial charge on any atom is -0.394 e. The zero-order valence-corrected chi connectivity index (χ0v) is 11.9. The van der Waals surface area contributed by atoms with Gasteiger partial charge in [0.1, 0.15) is 29.8 Å². The summed E-state index contributed by atoms with van der Waals surface area (Å²) in [5.41, 5.74) is -0.327. The molecule has 3 rings (SSSR count). The second-order valence-electron chi connectivity index (χ2n) is 4.95. The van der Waals surface area contributed by atoms with Gasteiger partial charge in [-0.05, 0) is 12.2 Å². The predicted octanol–water partition coefficient (Wildman–Crippen LogP) is -1.01. The van der Waals surface area contributed by atoms with Gasteiger partial charge in [-0.25, -0.2) is 0 Å². The molecule has 3 aliphatic heterocycles. The molecule has 2 saturated heterocycles. The molecule has 1 unspecified atom stereocenters. The Morgan fingerprint density at radius 3 is 2.89 bits per heavy atom. The number of aliphatic hydroxyl groups is 3. The Kier molecular flexibility index (Phi) is 4.25. The second-order valence-corrected chi connectivity index (χ2v) is 7.19. The first kappa shape index (κ1) is 14.0. The van der Waals surface area contributed by atoms with Crippen molar-refractivity contribution in [2.75, 3.05) is 18.1 Å². The third-order valence-corrected chi connectivity index (χ3v) is 5.83. The molecule has 6 atom stereocenters. The molecule has 3 heterocycles. The summed E-state index contributed by atoms with van der Waals surface area (Å²) in [6, 6.07) is -0.0357. The first-order chi connectivity index (χ1) is 9.19. The molecule has 8 heteroatoms. The lowest BCUT2D eigenvalue weighted by atomic mass is 9.99. The molecule has 0 bridgehead atoms. The molecule has 2 fully saturated rings. The average Bonchev–Trinajstić information content (AvgIpc) is 3.03. The van der Waals surface area contributed by atoms with Crippen LogP contribution in [0.15, 0.2) is 4.99 Å². The van der Waals surface area contributed by atoms with Crippen LogP contribution in [0.3, 0.4) is 0 Å². The van der Waals surface area contributed by atoms with Crippen LogP contribution in [-0.4, -0.2) is 74.4 Å². The lowest BCUT2D eigenvalue weighted by Crippen LogP contribution is -2.55. The van der Waals surface area contributed by atoms with Gasteiger partial charge in [0.25, 0.3) is 0 Å². The van der Waals surface area contributed by atoms with E-state index in [4.69, 9.17) is 9.84 Å². The molecular weight excluding hydrogens is 288 g/mol. The van der Waals surface area contributed by atoms with Crippen LogP contribution in [0.4, 0.5) is 0 Å². The minimum atomic E-state index is -1.09. The maximum Gasteiger partial charge on any atom is 0.159 e. The maximum atomic E-state index is 10.0. The van der Waals surface area contributed by atoms with Crippen molar-refractivity contribution in [3.8, 4) is 0 Å². The lowest BCUT2D eigenvalue weighted by molar-refractivity contribution is -0.164. The van der Waals surface area contributed by atoms with Gasteiger partial charge < -0.3 is 25.4 Å². The molecule has 0 radical (unpaired) electrons. The summed E-state index contributed by atoms with van der Waals surface area (Å²) >= 11 is 3.35. The summed E-state index contributed by atoms with van der Waals surface area (Å²) < 4.78 is 5.58. The van der Waals surface area contributed by atoms with E-state index in [1.165, 1.54) is 11.8 Å². The first-order valence-electron chi connectivity index (χ1n) is 6.40. The smallest absolute Gasteiger partial charge is 0.159 e. The molecule has 3 aliphatic rings. The monoisotopic (exact) mass is 306 g/mol. The standard InChI is InChI=1S/C11H18N2O4S2/c14-3-6-8(15)9(16)7-10(17-6)19-11(13-7)12-5-1-2-18-4-5/h5-10,14-16H,1-4H2,(H,12,13)/t5?,6-,7-,8-,9-,10-/m1/s1. The van der Waals surface area contributed by atoms with Crippen molar-refractivity contribution >= 4 is 28.7 Å². The van der Waals surface area contributed by atoms with E-state index in [0.717, 1.165) is 23.1 Å². The van der Waals surface area contributed by atoms with Crippen LogP contribution in [0.25, 0.3) is 0 Å². The molecule has 0 aromatic heterocycles. The van der Waals surface area contributed by atoms with Gasteiger partial charge in [0.15, 0.2) is 5.17 Å². The molecule has 0 aliphatic carbocycles. The summed E-state index contributed by atoms with van der Waals surface area (Å²) in [4.78, 5) is 4.42. The lowest BCUT2D eigenvalue weighted by Gasteiger charge is -2.37. The van der Waals surface area contributed by atoms with Crippen LogP contribution < -0.4 is 5.32 Å². The number of nitrogens with one attached hydrogen (secondary N) is 1. The van der Waals surface area contributed by atoms with Crippen LogP contribution in [0.1, 0.15) is 6.42 Å². The van der Waals surface area contributed by atoms with Crippen molar-refractivity contribution < 1.29 is 20.1 Å².